The van der Waals surface area contributed by atoms with Gasteiger partial charge in [-0.05, 0) is 32.9 Å². The van der Waals surface area contributed by atoms with Gasteiger partial charge in [0.05, 0.1) is 6.54 Å². The summed E-state index contributed by atoms with van der Waals surface area (Å²) in [5.74, 6) is 0.159. The highest BCUT2D eigenvalue weighted by molar-refractivity contribution is 7.11. The van der Waals surface area contributed by atoms with Crippen LogP contribution in [-0.4, -0.2) is 24.0 Å². The van der Waals surface area contributed by atoms with E-state index in [2.05, 4.69) is 22.5 Å². The van der Waals surface area contributed by atoms with E-state index in [9.17, 15) is 4.79 Å². The quantitative estimate of drug-likeness (QED) is 0.857. The third-order valence-electron chi connectivity index (χ3n) is 3.32. The number of thiazole rings is 1. The van der Waals surface area contributed by atoms with Gasteiger partial charge >= 0.3 is 0 Å². The average molecular weight is 253 g/mol. The van der Waals surface area contributed by atoms with Gasteiger partial charge in [-0.3, -0.25) is 4.79 Å². The average Bonchev–Trinajstić information content (AvgIpc) is 2.73. The molecule has 1 amide bonds. The number of nitrogens with zero attached hydrogens (tertiary/aromatic N) is 1. The van der Waals surface area contributed by atoms with Crippen molar-refractivity contribution >= 4 is 17.2 Å². The van der Waals surface area contributed by atoms with Crippen molar-refractivity contribution in [1.29, 1.82) is 0 Å². The Labute approximate surface area is 106 Å². The first-order valence-electron chi connectivity index (χ1n) is 6.00. The smallest absolute Gasteiger partial charge is 0.226 e. The summed E-state index contributed by atoms with van der Waals surface area (Å²) in [4.78, 5) is 17.6. The minimum Gasteiger partial charge on any atom is -0.349 e. The van der Waals surface area contributed by atoms with Crippen LogP contribution in [0, 0.1) is 12.3 Å². The van der Waals surface area contributed by atoms with Gasteiger partial charge in [0.25, 0.3) is 0 Å². The number of rotatable bonds is 3. The number of amides is 1. The number of piperidine rings is 1. The van der Waals surface area contributed by atoms with E-state index in [1.807, 2.05) is 13.1 Å². The molecule has 5 heteroatoms. The highest BCUT2D eigenvalue weighted by Gasteiger charge is 2.34. The molecule has 2 N–H and O–H groups in total. The first-order chi connectivity index (χ1) is 8.10. The summed E-state index contributed by atoms with van der Waals surface area (Å²) in [6.07, 6.45) is 3.67. The van der Waals surface area contributed by atoms with Gasteiger partial charge < -0.3 is 10.6 Å². The lowest BCUT2D eigenvalue weighted by molar-refractivity contribution is -0.131. The summed E-state index contributed by atoms with van der Waals surface area (Å²) in [5.41, 5.74) is -0.211. The summed E-state index contributed by atoms with van der Waals surface area (Å²) in [6, 6.07) is 0. The molecule has 0 radical (unpaired) electrons. The predicted octanol–water partition coefficient (Wildman–Crippen LogP) is 1.46. The van der Waals surface area contributed by atoms with Crippen molar-refractivity contribution in [2.45, 2.75) is 33.2 Å². The maximum absolute atomic E-state index is 12.1. The van der Waals surface area contributed by atoms with Crippen molar-refractivity contribution in [3.63, 3.8) is 0 Å². The van der Waals surface area contributed by atoms with Gasteiger partial charge in [-0.1, -0.05) is 6.92 Å². The van der Waals surface area contributed by atoms with Crippen LogP contribution in [0.2, 0.25) is 0 Å². The van der Waals surface area contributed by atoms with Crippen LogP contribution in [0.25, 0.3) is 0 Å². The molecule has 1 saturated heterocycles. The number of hydrogen-bond donors (Lipinski definition) is 2. The minimum absolute atomic E-state index is 0.159. The van der Waals surface area contributed by atoms with Gasteiger partial charge in [0.2, 0.25) is 5.91 Å². The molecular formula is C12H19N3OS. The first-order valence-corrected chi connectivity index (χ1v) is 6.82. The van der Waals surface area contributed by atoms with Crippen molar-refractivity contribution in [1.82, 2.24) is 15.6 Å². The summed E-state index contributed by atoms with van der Waals surface area (Å²) in [6.45, 7) is 6.49. The van der Waals surface area contributed by atoms with Crippen molar-refractivity contribution in [2.75, 3.05) is 13.1 Å². The van der Waals surface area contributed by atoms with Crippen molar-refractivity contribution in [3.8, 4) is 0 Å². The number of nitrogens with one attached hydrogen (secondary N) is 2. The molecule has 0 atom stereocenters. The van der Waals surface area contributed by atoms with E-state index in [4.69, 9.17) is 0 Å². The van der Waals surface area contributed by atoms with Crippen LogP contribution >= 0.6 is 11.3 Å². The second-order valence-corrected chi connectivity index (χ2v) is 6.18. The standard InChI is InChI=1S/C12H19N3OS/c1-9-7-14-10(17-9)8-15-11(16)12(2)3-5-13-6-4-12/h7,13H,3-6,8H2,1-2H3,(H,15,16). The Morgan fingerprint density at radius 3 is 2.88 bits per heavy atom. The number of aryl methyl sites for hydroxylation is 1. The summed E-state index contributed by atoms with van der Waals surface area (Å²) in [5, 5.41) is 7.27. The molecule has 2 rings (SSSR count). The number of carbonyl (C=O) groups excluding carboxylic acids is 1. The van der Waals surface area contributed by atoms with Gasteiger partial charge in [0.15, 0.2) is 0 Å². The van der Waals surface area contributed by atoms with Crippen LogP contribution < -0.4 is 10.6 Å². The zero-order valence-corrected chi connectivity index (χ0v) is 11.2. The zero-order valence-electron chi connectivity index (χ0n) is 10.4. The molecule has 1 fully saturated rings. The fraction of sp³-hybridized carbons (Fsp3) is 0.667. The first kappa shape index (κ1) is 12.5. The van der Waals surface area contributed by atoms with Gasteiger partial charge in [-0.2, -0.15) is 0 Å². The predicted molar refractivity (Wildman–Crippen MR) is 68.9 cm³/mol. The summed E-state index contributed by atoms with van der Waals surface area (Å²) < 4.78 is 0. The second kappa shape index (κ2) is 5.14. The molecule has 1 aromatic rings. The molecule has 1 aromatic heterocycles. The van der Waals surface area contributed by atoms with E-state index < -0.39 is 0 Å². The normalized spacial score (nSPS) is 18.9. The molecule has 4 nitrogen and oxygen atoms in total. The van der Waals surface area contributed by atoms with Crippen molar-refractivity contribution < 1.29 is 4.79 Å². The molecule has 0 bridgehead atoms. The van der Waals surface area contributed by atoms with Crippen LogP contribution in [0.5, 0.6) is 0 Å². The Morgan fingerprint density at radius 1 is 1.59 bits per heavy atom. The molecule has 1 aliphatic rings. The van der Waals surface area contributed by atoms with E-state index in [1.54, 1.807) is 11.3 Å². The Hall–Kier alpha value is -0.940. The number of carbonyl (C=O) groups is 1. The van der Waals surface area contributed by atoms with Crippen LogP contribution in [0.4, 0.5) is 0 Å². The van der Waals surface area contributed by atoms with E-state index in [0.717, 1.165) is 30.9 Å². The third kappa shape index (κ3) is 3.04. The fourth-order valence-electron chi connectivity index (χ4n) is 2.06. The van der Waals surface area contributed by atoms with Gasteiger partial charge in [-0.15, -0.1) is 11.3 Å². The Kier molecular flexibility index (Phi) is 3.79. The van der Waals surface area contributed by atoms with Crippen LogP contribution in [0.3, 0.4) is 0 Å². The lowest BCUT2D eigenvalue weighted by Crippen LogP contribution is -2.45. The Morgan fingerprint density at radius 2 is 2.29 bits per heavy atom. The fourth-order valence-corrected chi connectivity index (χ4v) is 2.78. The maximum atomic E-state index is 12.1. The van der Waals surface area contributed by atoms with E-state index in [-0.39, 0.29) is 11.3 Å². The van der Waals surface area contributed by atoms with E-state index >= 15 is 0 Å². The molecular weight excluding hydrogens is 234 g/mol. The topological polar surface area (TPSA) is 54.0 Å². The minimum atomic E-state index is -0.211. The Balaban J connectivity index is 1.88. The molecule has 94 valence electrons. The lowest BCUT2D eigenvalue weighted by atomic mass is 9.80. The third-order valence-corrected chi connectivity index (χ3v) is 4.24. The van der Waals surface area contributed by atoms with Gasteiger partial charge in [-0.25, -0.2) is 4.98 Å². The monoisotopic (exact) mass is 253 g/mol. The number of aromatic nitrogens is 1. The van der Waals surface area contributed by atoms with Crippen molar-refractivity contribution in [3.05, 3.63) is 16.1 Å². The van der Waals surface area contributed by atoms with Gasteiger partial charge in [0, 0.05) is 16.5 Å². The van der Waals surface area contributed by atoms with Crippen LogP contribution in [0.1, 0.15) is 29.7 Å². The van der Waals surface area contributed by atoms with E-state index in [0.29, 0.717) is 6.54 Å². The summed E-state index contributed by atoms with van der Waals surface area (Å²) >= 11 is 1.64. The lowest BCUT2D eigenvalue weighted by Gasteiger charge is -2.32. The molecule has 0 saturated carbocycles. The SMILES string of the molecule is Cc1cnc(CNC(=O)C2(C)CCNCC2)s1. The van der Waals surface area contributed by atoms with Gasteiger partial charge in [0.1, 0.15) is 5.01 Å². The highest BCUT2D eigenvalue weighted by atomic mass is 32.1. The Bertz CT molecular complexity index is 396. The number of hydrogen-bond acceptors (Lipinski definition) is 4. The molecule has 0 aromatic carbocycles. The molecule has 2 heterocycles. The molecule has 0 spiro atoms. The van der Waals surface area contributed by atoms with Crippen molar-refractivity contribution in [2.24, 2.45) is 5.41 Å². The van der Waals surface area contributed by atoms with E-state index in [1.165, 1.54) is 4.88 Å². The van der Waals surface area contributed by atoms with Crippen LogP contribution in [-0.2, 0) is 11.3 Å². The highest BCUT2D eigenvalue weighted by Crippen LogP contribution is 2.28. The van der Waals surface area contributed by atoms with Crippen LogP contribution in [0.15, 0.2) is 6.20 Å². The molecule has 1 aliphatic heterocycles. The molecule has 0 unspecified atom stereocenters. The zero-order chi connectivity index (χ0) is 12.3. The maximum Gasteiger partial charge on any atom is 0.226 e. The molecule has 0 aliphatic carbocycles. The molecule has 17 heavy (non-hydrogen) atoms. The second-order valence-electron chi connectivity index (χ2n) is 4.86. The summed E-state index contributed by atoms with van der Waals surface area (Å²) in [7, 11) is 0. The largest absolute Gasteiger partial charge is 0.349 e.